The predicted molar refractivity (Wildman–Crippen MR) is 59.1 cm³/mol. The number of hydrogen-bond donors (Lipinski definition) is 2. The average molecular weight is 200 g/mol. The summed E-state index contributed by atoms with van der Waals surface area (Å²) in [7, 11) is 0. The molecule has 0 fully saturated rings. The van der Waals surface area contributed by atoms with Crippen LogP contribution >= 0.6 is 0 Å². The number of nitrogens with two attached hydrogens (primary N) is 1. The highest BCUT2D eigenvalue weighted by Gasteiger charge is 2.11. The summed E-state index contributed by atoms with van der Waals surface area (Å²) in [4.78, 5) is 4.13. The second kappa shape index (κ2) is 4.01. The van der Waals surface area contributed by atoms with Gasteiger partial charge in [0.15, 0.2) is 0 Å². The molecule has 0 aromatic carbocycles. The minimum atomic E-state index is 0.382. The molecule has 76 valence electrons. The van der Waals surface area contributed by atoms with Crippen LogP contribution in [0.2, 0.25) is 0 Å². The molecule has 1 heterocycles. The maximum atomic E-state index is 8.66. The van der Waals surface area contributed by atoms with Crippen LogP contribution in [0.3, 0.4) is 0 Å². The van der Waals surface area contributed by atoms with E-state index >= 15 is 0 Å². The Kier molecular flexibility index (Phi) is 2.55. The summed E-state index contributed by atoms with van der Waals surface area (Å²) in [5.74, 6) is 0.669. The molecule has 4 heteroatoms. The van der Waals surface area contributed by atoms with Gasteiger partial charge in [-0.25, -0.2) is 4.98 Å². The van der Waals surface area contributed by atoms with Crippen LogP contribution in [0.25, 0.3) is 0 Å². The lowest BCUT2D eigenvalue weighted by Crippen LogP contribution is -2.17. The lowest BCUT2D eigenvalue weighted by Gasteiger charge is -2.14. The molecule has 0 aliphatic heterocycles. The molecule has 0 spiro atoms. The van der Waals surface area contributed by atoms with Crippen molar-refractivity contribution in [3.05, 3.63) is 30.0 Å². The Morgan fingerprint density at radius 2 is 2.20 bits per heavy atom. The van der Waals surface area contributed by atoms with Gasteiger partial charge in [-0.2, -0.15) is 5.26 Å². The SMILES string of the molecule is N#Cc1cnc(NC2CC=CC2)c(N)c1. The monoisotopic (exact) mass is 200 g/mol. The molecule has 0 saturated carbocycles. The lowest BCUT2D eigenvalue weighted by molar-refractivity contribution is 0.781. The lowest BCUT2D eigenvalue weighted by atomic mass is 10.2. The molecule has 0 radical (unpaired) electrons. The molecule has 1 aliphatic carbocycles. The zero-order valence-corrected chi connectivity index (χ0v) is 8.27. The van der Waals surface area contributed by atoms with Gasteiger partial charge in [0.2, 0.25) is 0 Å². The van der Waals surface area contributed by atoms with Gasteiger partial charge in [0.1, 0.15) is 11.9 Å². The summed E-state index contributed by atoms with van der Waals surface area (Å²) in [6.07, 6.45) is 7.80. The summed E-state index contributed by atoms with van der Waals surface area (Å²) >= 11 is 0. The highest BCUT2D eigenvalue weighted by molar-refractivity contribution is 5.63. The average Bonchev–Trinajstić information content (AvgIpc) is 2.74. The van der Waals surface area contributed by atoms with Crippen LogP contribution in [0, 0.1) is 11.3 Å². The minimum absolute atomic E-state index is 0.382. The molecule has 1 aromatic rings. The maximum absolute atomic E-state index is 8.66. The van der Waals surface area contributed by atoms with Crippen molar-refractivity contribution >= 4 is 11.5 Å². The molecule has 4 nitrogen and oxygen atoms in total. The number of nitrogen functional groups attached to an aromatic ring is 1. The van der Waals surface area contributed by atoms with Crippen molar-refractivity contribution in [1.82, 2.24) is 4.98 Å². The Balaban J connectivity index is 2.12. The quantitative estimate of drug-likeness (QED) is 0.712. The molecule has 0 atom stereocenters. The Bertz CT molecular complexity index is 423. The van der Waals surface area contributed by atoms with E-state index in [1.165, 1.54) is 6.20 Å². The van der Waals surface area contributed by atoms with Gasteiger partial charge in [-0.05, 0) is 18.9 Å². The molecule has 0 unspecified atom stereocenters. The van der Waals surface area contributed by atoms with Gasteiger partial charge in [0.05, 0.1) is 11.3 Å². The maximum Gasteiger partial charge on any atom is 0.149 e. The Morgan fingerprint density at radius 1 is 1.47 bits per heavy atom. The van der Waals surface area contributed by atoms with Crippen molar-refractivity contribution in [2.75, 3.05) is 11.1 Å². The van der Waals surface area contributed by atoms with Crippen molar-refractivity contribution in [3.8, 4) is 6.07 Å². The van der Waals surface area contributed by atoms with Crippen LogP contribution in [0.5, 0.6) is 0 Å². The Labute approximate surface area is 88.4 Å². The van der Waals surface area contributed by atoms with Crippen LogP contribution in [0.4, 0.5) is 11.5 Å². The largest absolute Gasteiger partial charge is 0.396 e. The first-order chi connectivity index (χ1) is 7.29. The Morgan fingerprint density at radius 3 is 2.80 bits per heavy atom. The number of nitriles is 1. The van der Waals surface area contributed by atoms with E-state index < -0.39 is 0 Å². The summed E-state index contributed by atoms with van der Waals surface area (Å²) in [6.45, 7) is 0. The number of hydrogen-bond acceptors (Lipinski definition) is 4. The topological polar surface area (TPSA) is 74.7 Å². The van der Waals surface area contributed by atoms with Gasteiger partial charge < -0.3 is 11.1 Å². The minimum Gasteiger partial charge on any atom is -0.396 e. The number of aromatic nitrogens is 1. The van der Waals surface area contributed by atoms with Crippen molar-refractivity contribution in [2.24, 2.45) is 0 Å². The third-order valence-corrected chi connectivity index (χ3v) is 2.39. The van der Waals surface area contributed by atoms with E-state index in [0.717, 1.165) is 12.8 Å². The van der Waals surface area contributed by atoms with Crippen LogP contribution in [-0.4, -0.2) is 11.0 Å². The first kappa shape index (κ1) is 9.53. The van der Waals surface area contributed by atoms with Gasteiger partial charge in [0.25, 0.3) is 0 Å². The van der Waals surface area contributed by atoms with Gasteiger partial charge in [-0.15, -0.1) is 0 Å². The fourth-order valence-corrected chi connectivity index (χ4v) is 1.59. The van der Waals surface area contributed by atoms with E-state index in [0.29, 0.717) is 23.1 Å². The molecule has 1 aromatic heterocycles. The van der Waals surface area contributed by atoms with Crippen LogP contribution in [0.15, 0.2) is 24.4 Å². The first-order valence-electron chi connectivity index (χ1n) is 4.87. The van der Waals surface area contributed by atoms with E-state index in [1.807, 2.05) is 6.07 Å². The zero-order chi connectivity index (χ0) is 10.7. The number of anilines is 2. The van der Waals surface area contributed by atoms with Crippen molar-refractivity contribution < 1.29 is 0 Å². The predicted octanol–water partition coefficient (Wildman–Crippen LogP) is 1.67. The first-order valence-corrected chi connectivity index (χ1v) is 4.87. The third kappa shape index (κ3) is 2.08. The second-order valence-electron chi connectivity index (χ2n) is 3.56. The van der Waals surface area contributed by atoms with Crippen molar-refractivity contribution in [3.63, 3.8) is 0 Å². The van der Waals surface area contributed by atoms with E-state index in [2.05, 4.69) is 22.5 Å². The molecule has 3 N–H and O–H groups in total. The zero-order valence-electron chi connectivity index (χ0n) is 8.27. The summed E-state index contributed by atoms with van der Waals surface area (Å²) in [5.41, 5.74) is 6.80. The molecule has 0 saturated heterocycles. The summed E-state index contributed by atoms with van der Waals surface area (Å²) in [6, 6.07) is 4.02. The normalized spacial score (nSPS) is 15.1. The van der Waals surface area contributed by atoms with Gasteiger partial charge in [-0.1, -0.05) is 12.2 Å². The summed E-state index contributed by atoms with van der Waals surface area (Å²) < 4.78 is 0. The van der Waals surface area contributed by atoms with Gasteiger partial charge in [-0.3, -0.25) is 0 Å². The van der Waals surface area contributed by atoms with Gasteiger partial charge >= 0.3 is 0 Å². The fraction of sp³-hybridized carbons (Fsp3) is 0.273. The molecular formula is C11H12N4. The fourth-order valence-electron chi connectivity index (χ4n) is 1.59. The highest BCUT2D eigenvalue weighted by atomic mass is 15.0. The smallest absolute Gasteiger partial charge is 0.149 e. The van der Waals surface area contributed by atoms with E-state index in [-0.39, 0.29) is 0 Å². The van der Waals surface area contributed by atoms with Crippen molar-refractivity contribution in [2.45, 2.75) is 18.9 Å². The van der Waals surface area contributed by atoms with Crippen LogP contribution in [0.1, 0.15) is 18.4 Å². The molecule has 0 bridgehead atoms. The highest BCUT2D eigenvalue weighted by Crippen LogP contribution is 2.20. The third-order valence-electron chi connectivity index (χ3n) is 2.39. The standard InChI is InChI=1S/C11H12N4/c12-6-8-5-10(13)11(14-7-8)15-9-3-1-2-4-9/h1-2,5,7,9H,3-4,13H2,(H,14,15). The molecular weight excluding hydrogens is 188 g/mol. The second-order valence-corrected chi connectivity index (χ2v) is 3.56. The van der Waals surface area contributed by atoms with Crippen molar-refractivity contribution in [1.29, 1.82) is 5.26 Å². The van der Waals surface area contributed by atoms with Crippen LogP contribution < -0.4 is 11.1 Å². The molecule has 2 rings (SSSR count). The Hall–Kier alpha value is -2.02. The molecule has 15 heavy (non-hydrogen) atoms. The number of nitrogens with zero attached hydrogens (tertiary/aromatic N) is 2. The molecule has 0 amide bonds. The van der Waals surface area contributed by atoms with Crippen LogP contribution in [-0.2, 0) is 0 Å². The number of rotatable bonds is 2. The molecule has 1 aliphatic rings. The van der Waals surface area contributed by atoms with E-state index in [9.17, 15) is 0 Å². The summed E-state index contributed by atoms with van der Waals surface area (Å²) in [5, 5.41) is 11.9. The van der Waals surface area contributed by atoms with E-state index in [4.69, 9.17) is 11.0 Å². The van der Waals surface area contributed by atoms with E-state index in [1.54, 1.807) is 6.07 Å². The number of pyridine rings is 1. The number of nitrogens with one attached hydrogen (secondary N) is 1. The van der Waals surface area contributed by atoms with Gasteiger partial charge in [0, 0.05) is 12.2 Å².